The molecule has 0 bridgehead atoms. The van der Waals surface area contributed by atoms with Crippen LogP contribution in [0, 0.1) is 11.8 Å². The Morgan fingerprint density at radius 2 is 1.66 bits per heavy atom. The van der Waals surface area contributed by atoms with Crippen molar-refractivity contribution in [1.29, 1.82) is 0 Å². The molecule has 2 heterocycles. The van der Waals surface area contributed by atoms with Crippen LogP contribution in [-0.2, 0) is 29.1 Å². The van der Waals surface area contributed by atoms with Gasteiger partial charge in [-0.25, -0.2) is 4.79 Å². The van der Waals surface area contributed by atoms with Crippen LogP contribution < -0.4 is 26.0 Å². The van der Waals surface area contributed by atoms with Crippen molar-refractivity contribution < 1.29 is 19.1 Å². The van der Waals surface area contributed by atoms with Crippen LogP contribution in [0.5, 0.6) is 11.5 Å². The van der Waals surface area contributed by atoms with E-state index in [1.807, 2.05) is 23.1 Å². The van der Waals surface area contributed by atoms with Crippen molar-refractivity contribution in [2.75, 3.05) is 33.9 Å². The summed E-state index contributed by atoms with van der Waals surface area (Å²) in [5.41, 5.74) is 0.490. The minimum Gasteiger partial charge on any atom is -0.493 e. The Labute approximate surface area is 239 Å². The zero-order valence-electron chi connectivity index (χ0n) is 24.4. The number of hydrogen-bond donors (Lipinski definition) is 1. The summed E-state index contributed by atoms with van der Waals surface area (Å²) in [5.74, 6) is 1.77. The van der Waals surface area contributed by atoms with Gasteiger partial charge in [-0.1, -0.05) is 32.0 Å². The molecule has 220 valence electrons. The van der Waals surface area contributed by atoms with Crippen molar-refractivity contribution in [3.05, 3.63) is 68.9 Å². The minimum absolute atomic E-state index is 0.0809. The van der Waals surface area contributed by atoms with Gasteiger partial charge in [0.25, 0.3) is 5.56 Å². The molecule has 1 N–H and O–H groups in total. The van der Waals surface area contributed by atoms with Gasteiger partial charge in [-0.05, 0) is 60.9 Å². The number of ether oxygens (including phenoxy) is 2. The van der Waals surface area contributed by atoms with Gasteiger partial charge in [0.2, 0.25) is 11.8 Å². The molecule has 1 saturated heterocycles. The predicted molar refractivity (Wildman–Crippen MR) is 157 cm³/mol. The maximum absolute atomic E-state index is 13.5. The topological polar surface area (TPSA) is 112 Å². The first-order valence-corrected chi connectivity index (χ1v) is 14.2. The standard InChI is InChI=1S/C31H40N4O6/c1-21-16-22(2)19-33(18-21)29(37)20-35-25-9-6-5-8-24(25)30(38)34(31(35)39)15-7-10-28(36)32-14-13-23-11-12-26(40-3)27(17-23)41-4/h5-6,8-9,11-12,17,21-22H,7,10,13-16,18-20H2,1-4H3,(H,32,36)/t21-,22+. The maximum Gasteiger partial charge on any atom is 0.331 e. The van der Waals surface area contributed by atoms with E-state index in [0.717, 1.165) is 16.6 Å². The van der Waals surface area contributed by atoms with E-state index in [0.29, 0.717) is 66.7 Å². The summed E-state index contributed by atoms with van der Waals surface area (Å²) in [7, 11) is 3.15. The fraction of sp³-hybridized carbons (Fsp3) is 0.484. The molecule has 0 unspecified atom stereocenters. The second-order valence-corrected chi connectivity index (χ2v) is 11.0. The molecule has 1 fully saturated rings. The summed E-state index contributed by atoms with van der Waals surface area (Å²) in [4.78, 5) is 54.3. The molecular formula is C31H40N4O6. The van der Waals surface area contributed by atoms with E-state index in [4.69, 9.17) is 9.47 Å². The second-order valence-electron chi connectivity index (χ2n) is 11.0. The molecule has 0 radical (unpaired) electrons. The van der Waals surface area contributed by atoms with Gasteiger partial charge < -0.3 is 19.7 Å². The Morgan fingerprint density at radius 1 is 0.951 bits per heavy atom. The van der Waals surface area contributed by atoms with Crippen molar-refractivity contribution >= 4 is 22.7 Å². The summed E-state index contributed by atoms with van der Waals surface area (Å²) in [6.45, 7) is 5.97. The number of rotatable bonds is 11. The summed E-state index contributed by atoms with van der Waals surface area (Å²) in [5, 5.41) is 3.27. The number of amides is 2. The highest BCUT2D eigenvalue weighted by Crippen LogP contribution is 2.27. The summed E-state index contributed by atoms with van der Waals surface area (Å²) in [6, 6.07) is 12.5. The fourth-order valence-corrected chi connectivity index (χ4v) is 5.69. The lowest BCUT2D eigenvalue weighted by molar-refractivity contribution is -0.134. The van der Waals surface area contributed by atoms with E-state index in [2.05, 4.69) is 19.2 Å². The van der Waals surface area contributed by atoms with Gasteiger partial charge in [0, 0.05) is 32.6 Å². The molecule has 10 heteroatoms. The number of hydrogen-bond acceptors (Lipinski definition) is 6. The fourth-order valence-electron chi connectivity index (χ4n) is 5.69. The third-order valence-electron chi connectivity index (χ3n) is 7.62. The third-order valence-corrected chi connectivity index (χ3v) is 7.62. The van der Waals surface area contributed by atoms with Crippen molar-refractivity contribution in [3.63, 3.8) is 0 Å². The molecule has 2 atom stereocenters. The highest BCUT2D eigenvalue weighted by atomic mass is 16.5. The maximum atomic E-state index is 13.5. The van der Waals surface area contributed by atoms with E-state index in [1.54, 1.807) is 38.5 Å². The molecule has 0 saturated carbocycles. The monoisotopic (exact) mass is 564 g/mol. The molecule has 0 spiro atoms. The molecule has 2 aromatic carbocycles. The Morgan fingerprint density at radius 3 is 2.37 bits per heavy atom. The SMILES string of the molecule is COc1ccc(CCNC(=O)CCCn2c(=O)c3ccccc3n(CC(=O)N3C[C@H](C)C[C@H](C)C3)c2=O)cc1OC. The van der Waals surface area contributed by atoms with Crippen LogP contribution in [0.25, 0.3) is 10.9 Å². The number of likely N-dealkylation sites (tertiary alicyclic amines) is 1. The summed E-state index contributed by atoms with van der Waals surface area (Å²) in [6.07, 6.45) is 2.16. The van der Waals surface area contributed by atoms with Gasteiger partial charge in [0.1, 0.15) is 6.54 Å². The largest absolute Gasteiger partial charge is 0.493 e. The Hall–Kier alpha value is -4.08. The van der Waals surface area contributed by atoms with Gasteiger partial charge in [-0.15, -0.1) is 0 Å². The van der Waals surface area contributed by atoms with Crippen molar-refractivity contribution in [2.45, 2.75) is 52.6 Å². The van der Waals surface area contributed by atoms with E-state index < -0.39 is 11.2 Å². The molecule has 3 aromatic rings. The number of nitrogens with one attached hydrogen (secondary N) is 1. The summed E-state index contributed by atoms with van der Waals surface area (Å²) >= 11 is 0. The first-order chi connectivity index (χ1) is 19.7. The predicted octanol–water partition coefficient (Wildman–Crippen LogP) is 2.82. The average molecular weight is 565 g/mol. The summed E-state index contributed by atoms with van der Waals surface area (Å²) < 4.78 is 13.1. The number of nitrogens with zero attached hydrogens (tertiary/aromatic N) is 3. The number of fused-ring (bicyclic) bond motifs is 1. The third kappa shape index (κ3) is 7.17. The van der Waals surface area contributed by atoms with Gasteiger partial charge >= 0.3 is 5.69 Å². The van der Waals surface area contributed by atoms with Crippen LogP contribution in [0.4, 0.5) is 0 Å². The van der Waals surface area contributed by atoms with E-state index in [9.17, 15) is 19.2 Å². The van der Waals surface area contributed by atoms with E-state index in [1.165, 1.54) is 4.57 Å². The zero-order valence-corrected chi connectivity index (χ0v) is 24.4. The number of carbonyl (C=O) groups is 2. The molecule has 1 aliphatic rings. The zero-order chi connectivity index (χ0) is 29.5. The van der Waals surface area contributed by atoms with Crippen LogP contribution in [-0.4, -0.2) is 59.7 Å². The number of aromatic nitrogens is 2. The minimum atomic E-state index is -0.533. The first-order valence-electron chi connectivity index (χ1n) is 14.2. The van der Waals surface area contributed by atoms with Crippen LogP contribution >= 0.6 is 0 Å². The smallest absolute Gasteiger partial charge is 0.331 e. The Kier molecular flexibility index (Phi) is 9.86. The Balaban J connectivity index is 1.40. The lowest BCUT2D eigenvalue weighted by atomic mass is 9.92. The van der Waals surface area contributed by atoms with Crippen LogP contribution in [0.2, 0.25) is 0 Å². The van der Waals surface area contributed by atoms with Crippen molar-refractivity contribution in [1.82, 2.24) is 19.4 Å². The molecule has 1 aliphatic heterocycles. The molecule has 4 rings (SSSR count). The number of benzene rings is 2. The number of piperidine rings is 1. The van der Waals surface area contributed by atoms with E-state index >= 15 is 0 Å². The highest BCUT2D eigenvalue weighted by Gasteiger charge is 2.26. The molecule has 10 nitrogen and oxygen atoms in total. The molecule has 2 amide bonds. The first kappa shape index (κ1) is 29.9. The van der Waals surface area contributed by atoms with Gasteiger partial charge in [-0.3, -0.25) is 23.5 Å². The van der Waals surface area contributed by atoms with Gasteiger partial charge in [0.15, 0.2) is 11.5 Å². The van der Waals surface area contributed by atoms with Crippen LogP contribution in [0.1, 0.15) is 38.7 Å². The van der Waals surface area contributed by atoms with Gasteiger partial charge in [0.05, 0.1) is 25.1 Å². The lowest BCUT2D eigenvalue weighted by Crippen LogP contribution is -2.47. The second kappa shape index (κ2) is 13.5. The average Bonchev–Trinajstić information content (AvgIpc) is 2.96. The Bertz CT molecular complexity index is 1500. The lowest BCUT2D eigenvalue weighted by Gasteiger charge is -2.35. The van der Waals surface area contributed by atoms with Crippen LogP contribution in [0.15, 0.2) is 52.1 Å². The van der Waals surface area contributed by atoms with Gasteiger partial charge in [-0.2, -0.15) is 0 Å². The normalized spacial score (nSPS) is 16.9. The molecule has 0 aliphatic carbocycles. The van der Waals surface area contributed by atoms with E-state index in [-0.39, 0.29) is 31.3 Å². The van der Waals surface area contributed by atoms with Crippen molar-refractivity contribution in [2.24, 2.45) is 11.8 Å². The number of para-hydroxylation sites is 1. The highest BCUT2D eigenvalue weighted by molar-refractivity contribution is 5.81. The molecular weight excluding hydrogens is 524 g/mol. The van der Waals surface area contributed by atoms with Crippen LogP contribution in [0.3, 0.4) is 0 Å². The molecule has 1 aromatic heterocycles. The number of methoxy groups -OCH3 is 2. The quantitative estimate of drug-likeness (QED) is 0.383. The molecule has 41 heavy (non-hydrogen) atoms. The van der Waals surface area contributed by atoms with Crippen molar-refractivity contribution in [3.8, 4) is 11.5 Å². The number of carbonyl (C=O) groups excluding carboxylic acids is 2.